The van der Waals surface area contributed by atoms with Crippen molar-refractivity contribution in [2.75, 3.05) is 46.3 Å². The number of rotatable bonds is 7. The van der Waals surface area contributed by atoms with Gasteiger partial charge >= 0.3 is 0 Å². The van der Waals surface area contributed by atoms with E-state index in [-0.39, 0.29) is 59.5 Å². The predicted molar refractivity (Wildman–Crippen MR) is 129 cm³/mol. The van der Waals surface area contributed by atoms with Crippen molar-refractivity contribution in [2.24, 2.45) is 34.6 Å². The molecule has 2 amide bonds. The minimum atomic E-state index is -0.104. The maximum Gasteiger partial charge on any atom is 0.233 e. The quantitative estimate of drug-likeness (QED) is 0.131. The van der Waals surface area contributed by atoms with Crippen LogP contribution in [0.4, 0.5) is 0 Å². The van der Waals surface area contributed by atoms with Gasteiger partial charge in [0, 0.05) is 26.7 Å². The van der Waals surface area contributed by atoms with Crippen LogP contribution in [-0.4, -0.2) is 73.9 Å². The average Bonchev–Trinajstić information content (AvgIpc) is 3.40. The number of nitrogens with one attached hydrogen (secondary N) is 2. The minimum Gasteiger partial charge on any atom is -0.356 e. The van der Waals surface area contributed by atoms with Crippen molar-refractivity contribution in [3.05, 3.63) is 12.2 Å². The van der Waals surface area contributed by atoms with E-state index in [1.165, 1.54) is 30.8 Å². The Hall–Kier alpha value is -1.16. The Morgan fingerprint density at radius 1 is 1.03 bits per heavy atom. The molecule has 2 bridgehead atoms. The zero-order valence-corrected chi connectivity index (χ0v) is 20.5. The highest BCUT2D eigenvalue weighted by Crippen LogP contribution is 2.52. The highest BCUT2D eigenvalue weighted by molar-refractivity contribution is 14.0. The lowest BCUT2D eigenvalue weighted by atomic mass is 9.85. The Morgan fingerprint density at radius 2 is 1.63 bits per heavy atom. The van der Waals surface area contributed by atoms with Crippen molar-refractivity contribution in [2.45, 2.75) is 32.6 Å². The number of likely N-dealkylation sites (tertiary alicyclic amines) is 2. The third-order valence-corrected chi connectivity index (χ3v) is 7.23. The first kappa shape index (κ1) is 23.5. The monoisotopic (exact) mass is 529 g/mol. The zero-order valence-electron chi connectivity index (χ0n) is 18.2. The molecule has 0 aromatic carbocycles. The minimum absolute atomic E-state index is 0. The van der Waals surface area contributed by atoms with E-state index in [0.717, 1.165) is 37.8 Å². The van der Waals surface area contributed by atoms with Gasteiger partial charge in [0.05, 0.1) is 11.8 Å². The molecular weight excluding hydrogens is 493 g/mol. The molecule has 4 atom stereocenters. The lowest BCUT2D eigenvalue weighted by molar-refractivity contribution is -0.140. The van der Waals surface area contributed by atoms with Gasteiger partial charge in [0.2, 0.25) is 11.8 Å². The molecule has 3 fully saturated rings. The number of nitrogens with zero attached hydrogens (tertiary/aromatic N) is 3. The topological polar surface area (TPSA) is 77.0 Å². The number of allylic oxidation sites excluding steroid dienone is 2. The average molecular weight is 529 g/mol. The van der Waals surface area contributed by atoms with E-state index in [9.17, 15) is 9.59 Å². The van der Waals surface area contributed by atoms with Crippen molar-refractivity contribution in [1.82, 2.24) is 20.4 Å². The number of imide groups is 1. The molecular formula is C22H36IN5O2. The number of hydrogen-bond donors (Lipinski definition) is 2. The van der Waals surface area contributed by atoms with Crippen LogP contribution >= 0.6 is 24.0 Å². The number of aliphatic imine (C=N–C) groups is 1. The third kappa shape index (κ3) is 4.84. The molecule has 30 heavy (non-hydrogen) atoms. The summed E-state index contributed by atoms with van der Waals surface area (Å²) in [6, 6.07) is 0. The summed E-state index contributed by atoms with van der Waals surface area (Å²) in [7, 11) is 1.75. The van der Waals surface area contributed by atoms with E-state index in [0.29, 0.717) is 13.1 Å². The van der Waals surface area contributed by atoms with E-state index >= 15 is 0 Å². The molecule has 1 saturated carbocycles. The molecule has 4 aliphatic rings. The summed E-state index contributed by atoms with van der Waals surface area (Å²) in [5.74, 6) is 2.00. The maximum absolute atomic E-state index is 12.7. The Morgan fingerprint density at radius 3 is 2.23 bits per heavy atom. The summed E-state index contributed by atoms with van der Waals surface area (Å²) in [4.78, 5) is 33.7. The fraction of sp³-hybridized carbons (Fsp3) is 0.773. The fourth-order valence-corrected chi connectivity index (χ4v) is 5.49. The highest BCUT2D eigenvalue weighted by atomic mass is 127. The molecule has 0 spiro atoms. The van der Waals surface area contributed by atoms with Crippen LogP contribution in [0.2, 0.25) is 0 Å². The smallest absolute Gasteiger partial charge is 0.233 e. The van der Waals surface area contributed by atoms with Crippen molar-refractivity contribution < 1.29 is 9.59 Å². The molecule has 0 aromatic rings. The molecule has 4 unspecified atom stereocenters. The summed E-state index contributed by atoms with van der Waals surface area (Å²) in [6.07, 6.45) is 8.95. The number of carbonyl (C=O) groups excluding carboxylic acids is 2. The van der Waals surface area contributed by atoms with Crippen molar-refractivity contribution in [3.8, 4) is 0 Å². The van der Waals surface area contributed by atoms with Gasteiger partial charge in [0.1, 0.15) is 0 Å². The lowest BCUT2D eigenvalue weighted by Gasteiger charge is -2.30. The summed E-state index contributed by atoms with van der Waals surface area (Å²) in [6.45, 7) is 7.70. The van der Waals surface area contributed by atoms with Crippen LogP contribution in [0.5, 0.6) is 0 Å². The van der Waals surface area contributed by atoms with Crippen LogP contribution in [-0.2, 0) is 9.59 Å². The molecule has 0 radical (unpaired) electrons. The van der Waals surface area contributed by atoms with Gasteiger partial charge in [-0.2, -0.15) is 0 Å². The predicted octanol–water partition coefficient (Wildman–Crippen LogP) is 1.70. The van der Waals surface area contributed by atoms with Gasteiger partial charge in [-0.1, -0.05) is 19.1 Å². The first-order valence-corrected chi connectivity index (χ1v) is 11.3. The van der Waals surface area contributed by atoms with Crippen molar-refractivity contribution in [1.29, 1.82) is 0 Å². The number of hydrogen-bond acceptors (Lipinski definition) is 4. The van der Waals surface area contributed by atoms with E-state index < -0.39 is 0 Å². The first-order chi connectivity index (χ1) is 14.1. The number of halogens is 1. The van der Waals surface area contributed by atoms with Crippen molar-refractivity contribution >= 4 is 41.8 Å². The normalized spacial score (nSPS) is 31.3. The number of fused-ring (bicyclic) bond motifs is 5. The van der Waals surface area contributed by atoms with Crippen LogP contribution in [0, 0.1) is 29.6 Å². The van der Waals surface area contributed by atoms with E-state index in [4.69, 9.17) is 0 Å². The second-order valence-corrected chi connectivity index (χ2v) is 9.13. The van der Waals surface area contributed by atoms with Crippen LogP contribution in [0.3, 0.4) is 0 Å². The molecule has 7 nitrogen and oxygen atoms in total. The van der Waals surface area contributed by atoms with Gasteiger partial charge in [0.25, 0.3) is 0 Å². The highest BCUT2D eigenvalue weighted by Gasteiger charge is 2.58. The largest absolute Gasteiger partial charge is 0.356 e. The first-order valence-electron chi connectivity index (χ1n) is 11.3. The summed E-state index contributed by atoms with van der Waals surface area (Å²) in [5.41, 5.74) is 0. The number of guanidine groups is 1. The van der Waals surface area contributed by atoms with Crippen molar-refractivity contribution in [3.63, 3.8) is 0 Å². The lowest BCUT2D eigenvalue weighted by Crippen LogP contribution is -2.44. The van der Waals surface area contributed by atoms with Crippen LogP contribution in [0.1, 0.15) is 32.6 Å². The van der Waals surface area contributed by atoms with Gasteiger partial charge in [-0.15, -0.1) is 24.0 Å². The molecule has 2 N–H and O–H groups in total. The van der Waals surface area contributed by atoms with Gasteiger partial charge < -0.3 is 15.5 Å². The standard InChI is InChI=1S/C22H35N5O2.HI/c1-15-6-11-26(12-7-15)10-3-8-24-22(23-2)25-9-13-27-20(28)18-16-4-5-17(14-16)19(18)21(27)29;/h4-5,15-19H,3,6-14H2,1-2H3,(H2,23,24,25);1H. The van der Waals surface area contributed by atoms with Gasteiger partial charge in [-0.25, -0.2) is 0 Å². The number of carbonyl (C=O) groups is 2. The summed E-state index contributed by atoms with van der Waals surface area (Å²) < 4.78 is 0. The van der Waals surface area contributed by atoms with E-state index in [1.807, 2.05) is 0 Å². The SMILES string of the molecule is CN=C(NCCCN1CCC(C)CC1)NCCN1C(=O)C2C3C=CC(C3)C2C1=O.I. The molecule has 8 heteroatoms. The van der Waals surface area contributed by atoms with Crippen LogP contribution < -0.4 is 10.6 Å². The number of piperidine rings is 1. The zero-order chi connectivity index (χ0) is 20.4. The van der Waals surface area contributed by atoms with Crippen LogP contribution in [0.15, 0.2) is 17.1 Å². The molecule has 2 saturated heterocycles. The molecule has 2 aliphatic heterocycles. The Balaban J connectivity index is 0.00000256. The second kappa shape index (κ2) is 10.4. The van der Waals surface area contributed by atoms with E-state index in [1.54, 1.807) is 7.05 Å². The second-order valence-electron chi connectivity index (χ2n) is 9.13. The molecule has 2 heterocycles. The summed E-state index contributed by atoms with van der Waals surface area (Å²) in [5, 5.41) is 6.59. The molecule has 2 aliphatic carbocycles. The Kier molecular flexibility index (Phi) is 8.17. The number of amides is 2. The summed E-state index contributed by atoms with van der Waals surface area (Å²) >= 11 is 0. The fourth-order valence-electron chi connectivity index (χ4n) is 5.49. The molecule has 4 rings (SSSR count). The molecule has 0 aromatic heterocycles. The van der Waals surface area contributed by atoms with Gasteiger partial charge in [0.15, 0.2) is 5.96 Å². The third-order valence-electron chi connectivity index (χ3n) is 7.23. The van der Waals surface area contributed by atoms with Gasteiger partial charge in [-0.05, 0) is 63.1 Å². The molecule has 168 valence electrons. The Bertz CT molecular complexity index is 659. The van der Waals surface area contributed by atoms with Crippen LogP contribution in [0.25, 0.3) is 0 Å². The van der Waals surface area contributed by atoms with Gasteiger partial charge in [-0.3, -0.25) is 19.5 Å². The maximum atomic E-state index is 12.7. The Labute approximate surface area is 197 Å². The van der Waals surface area contributed by atoms with E-state index in [2.05, 4.69) is 39.6 Å².